The third-order valence-electron chi connectivity index (χ3n) is 2.25. The fourth-order valence-corrected chi connectivity index (χ4v) is 2.05. The van der Waals surface area contributed by atoms with Gasteiger partial charge in [-0.3, -0.25) is 0 Å². The van der Waals surface area contributed by atoms with Crippen molar-refractivity contribution in [2.75, 3.05) is 18.6 Å². The second-order valence-corrected chi connectivity index (χ2v) is 6.17. The number of rotatable bonds is 6. The molecule has 96 valence electrons. The summed E-state index contributed by atoms with van der Waals surface area (Å²) in [5.41, 5.74) is 0.462. The lowest BCUT2D eigenvalue weighted by atomic mass is 10.2. The predicted octanol–water partition coefficient (Wildman–Crippen LogP) is 1.06. The first-order valence-corrected chi connectivity index (χ1v) is 7.31. The van der Waals surface area contributed by atoms with Gasteiger partial charge in [-0.05, 0) is 19.0 Å². The molecular formula is C11H16FNO3S. The van der Waals surface area contributed by atoms with Gasteiger partial charge in [-0.25, -0.2) is 12.8 Å². The third kappa shape index (κ3) is 5.14. The number of nitrogens with one attached hydrogen (secondary N) is 1. The number of para-hydroxylation sites is 1. The molecule has 0 fully saturated rings. The average Bonchev–Trinajstić information content (AvgIpc) is 2.22. The van der Waals surface area contributed by atoms with Crippen molar-refractivity contribution < 1.29 is 17.9 Å². The molecule has 2 N–H and O–H groups in total. The van der Waals surface area contributed by atoms with Gasteiger partial charge < -0.3 is 10.4 Å². The fourth-order valence-electron chi connectivity index (χ4n) is 1.39. The van der Waals surface area contributed by atoms with E-state index >= 15 is 0 Å². The quantitative estimate of drug-likeness (QED) is 0.751. The highest BCUT2D eigenvalue weighted by molar-refractivity contribution is 7.90. The van der Waals surface area contributed by atoms with Crippen molar-refractivity contribution in [1.29, 1.82) is 0 Å². The average molecular weight is 261 g/mol. The van der Waals surface area contributed by atoms with Gasteiger partial charge in [0.15, 0.2) is 11.6 Å². The molecule has 0 atom stereocenters. The topological polar surface area (TPSA) is 66.4 Å². The second-order valence-electron chi connectivity index (χ2n) is 3.91. The number of sulfone groups is 1. The summed E-state index contributed by atoms with van der Waals surface area (Å²) in [5, 5.41) is 12.3. The van der Waals surface area contributed by atoms with Crippen LogP contribution in [0, 0.1) is 5.82 Å². The first-order valence-electron chi connectivity index (χ1n) is 5.25. The number of hydrogen-bond acceptors (Lipinski definition) is 4. The zero-order valence-electron chi connectivity index (χ0n) is 9.61. The van der Waals surface area contributed by atoms with E-state index in [1.807, 2.05) is 0 Å². The van der Waals surface area contributed by atoms with Crippen LogP contribution in [0.5, 0.6) is 5.75 Å². The van der Waals surface area contributed by atoms with Crippen LogP contribution < -0.4 is 5.32 Å². The minimum atomic E-state index is -2.93. The van der Waals surface area contributed by atoms with E-state index in [1.165, 1.54) is 18.4 Å². The Morgan fingerprint density at radius 1 is 1.41 bits per heavy atom. The molecule has 1 aromatic carbocycles. The van der Waals surface area contributed by atoms with Crippen molar-refractivity contribution in [3.63, 3.8) is 0 Å². The Balaban J connectivity index is 2.34. The first-order chi connectivity index (χ1) is 7.90. The van der Waals surface area contributed by atoms with Crippen LogP contribution in [-0.2, 0) is 16.4 Å². The summed E-state index contributed by atoms with van der Waals surface area (Å²) in [6, 6.07) is 4.31. The lowest BCUT2D eigenvalue weighted by molar-refractivity contribution is 0.423. The third-order valence-corrected chi connectivity index (χ3v) is 3.28. The Hall–Kier alpha value is -1.14. The molecule has 0 radical (unpaired) electrons. The molecule has 0 spiro atoms. The van der Waals surface area contributed by atoms with Gasteiger partial charge in [0.25, 0.3) is 0 Å². The van der Waals surface area contributed by atoms with E-state index in [4.69, 9.17) is 0 Å². The minimum absolute atomic E-state index is 0.120. The molecule has 1 aromatic rings. The van der Waals surface area contributed by atoms with E-state index in [1.54, 1.807) is 6.07 Å². The van der Waals surface area contributed by atoms with Crippen LogP contribution in [0.4, 0.5) is 4.39 Å². The van der Waals surface area contributed by atoms with Crippen molar-refractivity contribution in [2.45, 2.75) is 13.0 Å². The van der Waals surface area contributed by atoms with Crippen LogP contribution in [0.15, 0.2) is 18.2 Å². The van der Waals surface area contributed by atoms with Crippen LogP contribution >= 0.6 is 0 Å². The fraction of sp³-hybridized carbons (Fsp3) is 0.455. The van der Waals surface area contributed by atoms with Gasteiger partial charge in [-0.2, -0.15) is 0 Å². The number of hydrogen-bond donors (Lipinski definition) is 2. The molecule has 6 heteroatoms. The van der Waals surface area contributed by atoms with Crippen molar-refractivity contribution in [1.82, 2.24) is 5.32 Å². The second kappa shape index (κ2) is 5.97. The number of benzene rings is 1. The van der Waals surface area contributed by atoms with Crippen molar-refractivity contribution in [2.24, 2.45) is 0 Å². The number of halogens is 1. The van der Waals surface area contributed by atoms with Gasteiger partial charge in [0.1, 0.15) is 9.84 Å². The monoisotopic (exact) mass is 261 g/mol. The molecule has 0 heterocycles. The van der Waals surface area contributed by atoms with Crippen molar-refractivity contribution in [3.8, 4) is 5.75 Å². The zero-order valence-corrected chi connectivity index (χ0v) is 10.4. The summed E-state index contributed by atoms with van der Waals surface area (Å²) in [5.74, 6) is -0.890. The Morgan fingerprint density at radius 3 is 2.76 bits per heavy atom. The van der Waals surface area contributed by atoms with Gasteiger partial charge >= 0.3 is 0 Å². The van der Waals surface area contributed by atoms with E-state index in [0.29, 0.717) is 25.1 Å². The summed E-state index contributed by atoms with van der Waals surface area (Å²) >= 11 is 0. The van der Waals surface area contributed by atoms with E-state index in [-0.39, 0.29) is 11.5 Å². The van der Waals surface area contributed by atoms with Gasteiger partial charge in [-0.1, -0.05) is 12.1 Å². The highest BCUT2D eigenvalue weighted by Crippen LogP contribution is 2.20. The Kier molecular flexibility index (Phi) is 4.89. The van der Waals surface area contributed by atoms with E-state index in [9.17, 15) is 17.9 Å². The molecule has 0 saturated carbocycles. The van der Waals surface area contributed by atoms with Crippen LogP contribution in [-0.4, -0.2) is 32.1 Å². The highest BCUT2D eigenvalue weighted by Gasteiger charge is 2.06. The molecule has 0 unspecified atom stereocenters. The molecule has 0 bridgehead atoms. The Labute approximate surface area is 100 Å². The Bertz CT molecular complexity index is 474. The van der Waals surface area contributed by atoms with Gasteiger partial charge in [0, 0.05) is 18.4 Å². The molecule has 0 aliphatic rings. The predicted molar refractivity (Wildman–Crippen MR) is 64.1 cm³/mol. The molecule has 0 saturated heterocycles. The van der Waals surface area contributed by atoms with Crippen LogP contribution in [0.25, 0.3) is 0 Å². The normalized spacial score (nSPS) is 11.6. The summed E-state index contributed by atoms with van der Waals surface area (Å²) < 4.78 is 34.6. The van der Waals surface area contributed by atoms with E-state index in [0.717, 1.165) is 0 Å². The summed E-state index contributed by atoms with van der Waals surface area (Å²) in [6.45, 7) is 0.816. The minimum Gasteiger partial charge on any atom is -0.505 e. The molecule has 0 aliphatic heterocycles. The summed E-state index contributed by atoms with van der Waals surface area (Å²) in [4.78, 5) is 0. The van der Waals surface area contributed by atoms with Crippen LogP contribution in [0.3, 0.4) is 0 Å². The molecular weight excluding hydrogens is 245 g/mol. The van der Waals surface area contributed by atoms with Crippen molar-refractivity contribution in [3.05, 3.63) is 29.6 Å². The maximum Gasteiger partial charge on any atom is 0.165 e. The standard InChI is InChI=1S/C11H16FNO3S/c1-17(15,16)7-3-6-13-8-9-4-2-5-10(12)11(9)14/h2,4-5,13-14H,3,6-8H2,1H3. The molecule has 17 heavy (non-hydrogen) atoms. The van der Waals surface area contributed by atoms with Crippen molar-refractivity contribution >= 4 is 9.84 Å². The lowest BCUT2D eigenvalue weighted by Gasteiger charge is -2.06. The highest BCUT2D eigenvalue weighted by atomic mass is 32.2. The van der Waals surface area contributed by atoms with E-state index in [2.05, 4.69) is 5.32 Å². The van der Waals surface area contributed by atoms with Crippen LogP contribution in [0.1, 0.15) is 12.0 Å². The SMILES string of the molecule is CS(=O)(=O)CCCNCc1cccc(F)c1O. The van der Waals surface area contributed by atoms with Crippen LogP contribution in [0.2, 0.25) is 0 Å². The van der Waals surface area contributed by atoms with Gasteiger partial charge in [0.05, 0.1) is 5.75 Å². The van der Waals surface area contributed by atoms with Gasteiger partial charge in [-0.15, -0.1) is 0 Å². The smallest absolute Gasteiger partial charge is 0.165 e. The molecule has 1 rings (SSSR count). The Morgan fingerprint density at radius 2 is 2.12 bits per heavy atom. The first kappa shape index (κ1) is 13.9. The van der Waals surface area contributed by atoms with E-state index < -0.39 is 15.7 Å². The largest absolute Gasteiger partial charge is 0.505 e. The summed E-state index contributed by atoms with van der Waals surface area (Å²) in [6.07, 6.45) is 1.68. The van der Waals surface area contributed by atoms with Gasteiger partial charge in [0.2, 0.25) is 0 Å². The maximum atomic E-state index is 13.0. The number of phenols is 1. The molecule has 0 aromatic heterocycles. The maximum absolute atomic E-state index is 13.0. The zero-order chi connectivity index (χ0) is 12.9. The molecule has 0 amide bonds. The molecule has 4 nitrogen and oxygen atoms in total. The number of phenolic OH excluding ortho intramolecular Hbond substituents is 1. The summed E-state index contributed by atoms with van der Waals surface area (Å²) in [7, 11) is -2.93. The number of aromatic hydroxyl groups is 1. The lowest BCUT2D eigenvalue weighted by Crippen LogP contribution is -2.18. The molecule has 0 aliphatic carbocycles.